The zero-order valence-corrected chi connectivity index (χ0v) is 45.9. The Hall–Kier alpha value is -8.28. The van der Waals surface area contributed by atoms with Gasteiger partial charge in [-0.2, -0.15) is 23.3 Å². The third kappa shape index (κ3) is 13.5. The molecule has 3 aliphatic rings. The number of fused-ring (bicyclic) bond motifs is 3. The number of halogens is 3. The Morgan fingerprint density at radius 3 is 2.17 bits per heavy atom. The summed E-state index contributed by atoms with van der Waals surface area (Å²) in [5, 5.41) is 13.3. The number of primary amides is 1. The van der Waals surface area contributed by atoms with Gasteiger partial charge in [-0.1, -0.05) is 26.0 Å². The number of nitrogens with one attached hydrogen (secondary N) is 3. The number of ketones is 1. The second-order valence-corrected chi connectivity index (χ2v) is 20.6. The van der Waals surface area contributed by atoms with Gasteiger partial charge in [0, 0.05) is 63.5 Å². The summed E-state index contributed by atoms with van der Waals surface area (Å²) >= 11 is 0. The summed E-state index contributed by atoms with van der Waals surface area (Å²) in [5.74, 6) is 0.523. The van der Waals surface area contributed by atoms with Gasteiger partial charge in [0.1, 0.15) is 23.8 Å². The summed E-state index contributed by atoms with van der Waals surface area (Å²) in [5.41, 5.74) is 8.29. The summed E-state index contributed by atoms with van der Waals surface area (Å²) in [6.45, 7) is 10.1. The second kappa shape index (κ2) is 25.0. The Bertz CT molecular complexity index is 3260. The number of hydrogen-bond acceptors (Lipinski definition) is 16. The van der Waals surface area contributed by atoms with Crippen molar-refractivity contribution < 1.29 is 56.0 Å². The Balaban J connectivity index is 0.639. The molecule has 1 fully saturated rings. The maximum atomic E-state index is 14.1. The molecule has 20 nitrogen and oxygen atoms in total. The van der Waals surface area contributed by atoms with Gasteiger partial charge in [-0.15, -0.1) is 0 Å². The fourth-order valence-electron chi connectivity index (χ4n) is 10.2. The van der Waals surface area contributed by atoms with Crippen molar-refractivity contribution in [1.82, 2.24) is 25.1 Å². The lowest BCUT2D eigenvalue weighted by atomic mass is 9.75. The molecule has 6 aromatic rings. The lowest BCUT2D eigenvalue weighted by Gasteiger charge is -2.33. The third-order valence-corrected chi connectivity index (χ3v) is 14.2. The number of Topliss-reactive ketones (excluding diaryl/α,β-unsaturated/α-hetero) is 1. The molecule has 5 N–H and O–H groups in total. The Kier molecular flexibility index (Phi) is 17.7. The van der Waals surface area contributed by atoms with E-state index in [4.69, 9.17) is 34.4 Å². The predicted octanol–water partition coefficient (Wildman–Crippen LogP) is 8.64. The van der Waals surface area contributed by atoms with E-state index in [9.17, 15) is 32.3 Å². The van der Waals surface area contributed by atoms with Crippen molar-refractivity contribution in [2.24, 2.45) is 17.1 Å². The van der Waals surface area contributed by atoms with E-state index >= 15 is 0 Å². The molecule has 23 heteroatoms. The van der Waals surface area contributed by atoms with Crippen LogP contribution in [0.5, 0.6) is 11.5 Å². The number of carbonyl (C=O) groups excluding carboxylic acids is 4. The fourth-order valence-corrected chi connectivity index (χ4v) is 10.2. The molecular weight excluding hydrogens is 1050 g/mol. The van der Waals surface area contributed by atoms with Crippen molar-refractivity contribution >= 4 is 69.4 Å². The second-order valence-electron chi connectivity index (χ2n) is 20.6. The molecule has 1 saturated heterocycles. The third-order valence-electron chi connectivity index (χ3n) is 14.2. The summed E-state index contributed by atoms with van der Waals surface area (Å²) < 4.78 is 72.2. The minimum atomic E-state index is -4.84. The van der Waals surface area contributed by atoms with Crippen LogP contribution in [0.3, 0.4) is 0 Å². The van der Waals surface area contributed by atoms with E-state index in [1.807, 2.05) is 69.1 Å². The number of carbonyl (C=O) groups is 4. The largest absolute Gasteiger partial charge is 0.492 e. The van der Waals surface area contributed by atoms with Gasteiger partial charge in [-0.05, 0) is 98.3 Å². The van der Waals surface area contributed by atoms with Crippen LogP contribution in [0.15, 0.2) is 91.1 Å². The zero-order chi connectivity index (χ0) is 57.4. The SMILES string of the molecule is CCOc1cc(N2CCC(C(=O)NCCOCCOCCOCCOc3ccc(Nc4cc(-n5nc(C(F)(F)F)c6c5CC(C)(C)CC6=O)ccc4C(N)=O)cc3)CC2)ccc1Nc1ncc2c(n1)N(C)c1ccccc1C(=O)N2C. The van der Waals surface area contributed by atoms with E-state index in [-0.39, 0.29) is 59.8 Å². The lowest BCUT2D eigenvalue weighted by Crippen LogP contribution is -2.41. The molecule has 2 aromatic heterocycles. The van der Waals surface area contributed by atoms with Gasteiger partial charge in [0.25, 0.3) is 11.8 Å². The Morgan fingerprint density at radius 1 is 0.778 bits per heavy atom. The van der Waals surface area contributed by atoms with Crippen molar-refractivity contribution in [3.63, 3.8) is 0 Å². The molecule has 3 amide bonds. The molecule has 4 heterocycles. The first-order valence-electron chi connectivity index (χ1n) is 26.8. The normalized spacial score (nSPS) is 15.1. The maximum absolute atomic E-state index is 14.1. The molecule has 0 atom stereocenters. The van der Waals surface area contributed by atoms with E-state index in [1.165, 1.54) is 18.2 Å². The molecular formula is C58H66F3N11O9. The van der Waals surface area contributed by atoms with E-state index in [0.717, 1.165) is 16.1 Å². The number of aromatic nitrogens is 4. The van der Waals surface area contributed by atoms with Crippen LogP contribution in [-0.4, -0.2) is 130 Å². The van der Waals surface area contributed by atoms with Crippen molar-refractivity contribution in [2.75, 3.05) is 112 Å². The first-order chi connectivity index (χ1) is 38.9. The van der Waals surface area contributed by atoms with Crippen LogP contribution in [0.25, 0.3) is 5.69 Å². The van der Waals surface area contributed by atoms with Gasteiger partial charge in [0.15, 0.2) is 17.3 Å². The maximum Gasteiger partial charge on any atom is 0.435 e. The predicted molar refractivity (Wildman–Crippen MR) is 299 cm³/mol. The van der Waals surface area contributed by atoms with E-state index < -0.39 is 34.5 Å². The minimum absolute atomic E-state index is 0.00950. The van der Waals surface area contributed by atoms with E-state index in [2.05, 4.69) is 30.9 Å². The van der Waals surface area contributed by atoms with Crippen molar-refractivity contribution in [1.29, 1.82) is 0 Å². The molecule has 2 aliphatic heterocycles. The number of alkyl halides is 3. The van der Waals surface area contributed by atoms with Crippen molar-refractivity contribution in [2.45, 2.75) is 52.6 Å². The number of para-hydroxylation sites is 1. The first kappa shape index (κ1) is 57.4. The van der Waals surface area contributed by atoms with Crippen LogP contribution in [0, 0.1) is 11.3 Å². The minimum Gasteiger partial charge on any atom is -0.492 e. The summed E-state index contributed by atoms with van der Waals surface area (Å²) in [6.07, 6.45) is -1.65. The van der Waals surface area contributed by atoms with E-state index in [0.29, 0.717) is 125 Å². The number of nitrogens with two attached hydrogens (primary N) is 1. The highest BCUT2D eigenvalue weighted by molar-refractivity contribution is 6.13. The molecule has 0 spiro atoms. The van der Waals surface area contributed by atoms with Gasteiger partial charge >= 0.3 is 6.18 Å². The quantitative estimate of drug-likeness (QED) is 0.0440. The molecule has 0 bridgehead atoms. The summed E-state index contributed by atoms with van der Waals surface area (Å²) in [4.78, 5) is 66.7. The molecule has 0 radical (unpaired) electrons. The average Bonchev–Trinajstić information content (AvgIpc) is 3.30. The number of nitrogens with zero attached hydrogens (tertiary/aromatic N) is 7. The van der Waals surface area contributed by atoms with Crippen LogP contribution in [0.2, 0.25) is 0 Å². The highest BCUT2D eigenvalue weighted by Crippen LogP contribution is 2.43. The first-order valence-corrected chi connectivity index (χ1v) is 26.8. The Morgan fingerprint density at radius 2 is 1.47 bits per heavy atom. The van der Waals surface area contributed by atoms with Crippen LogP contribution in [0.4, 0.5) is 59.1 Å². The lowest BCUT2D eigenvalue weighted by molar-refractivity contribution is -0.141. The molecule has 1 aliphatic carbocycles. The number of hydrogen-bond donors (Lipinski definition) is 4. The number of amides is 3. The Labute approximate surface area is 467 Å². The summed E-state index contributed by atoms with van der Waals surface area (Å²) in [6, 6.07) is 24.5. The van der Waals surface area contributed by atoms with Crippen LogP contribution >= 0.6 is 0 Å². The molecule has 0 saturated carbocycles. The molecule has 81 heavy (non-hydrogen) atoms. The average molecular weight is 1120 g/mol. The number of benzene rings is 4. The summed E-state index contributed by atoms with van der Waals surface area (Å²) in [7, 11) is 3.59. The van der Waals surface area contributed by atoms with Crippen LogP contribution in [-0.2, 0) is 31.6 Å². The van der Waals surface area contributed by atoms with Gasteiger partial charge in [-0.3, -0.25) is 19.2 Å². The molecule has 0 unspecified atom stereocenters. The smallest absolute Gasteiger partial charge is 0.435 e. The van der Waals surface area contributed by atoms with Gasteiger partial charge in [-0.25, -0.2) is 9.67 Å². The van der Waals surface area contributed by atoms with Crippen LogP contribution < -0.4 is 45.9 Å². The number of rotatable bonds is 23. The zero-order valence-electron chi connectivity index (χ0n) is 45.9. The number of ether oxygens (including phenoxy) is 5. The topological polar surface area (TPSA) is 230 Å². The molecule has 4 aromatic carbocycles. The van der Waals surface area contributed by atoms with Gasteiger partial charge < -0.3 is 60.1 Å². The van der Waals surface area contributed by atoms with Crippen LogP contribution in [0.1, 0.15) is 82.5 Å². The monoisotopic (exact) mass is 1120 g/mol. The van der Waals surface area contributed by atoms with Crippen molar-refractivity contribution in [3.8, 4) is 17.2 Å². The van der Waals surface area contributed by atoms with Gasteiger partial charge in [0.2, 0.25) is 11.9 Å². The number of piperidine rings is 1. The highest BCUT2D eigenvalue weighted by Gasteiger charge is 2.45. The number of anilines is 8. The van der Waals surface area contributed by atoms with Crippen molar-refractivity contribution in [3.05, 3.63) is 119 Å². The molecule has 9 rings (SSSR count). The standard InChI is InChI=1S/C58H66F3N11O9/c1-6-80-49-32-38(14-18-43(49)66-56-64-35-47-53(67-56)69(4)45-10-8-7-9-42(45)55(76)70(47)5)71-22-19-36(20-23-71)54(75)63-21-24-77-25-26-78-27-28-79-29-30-81-40-15-11-37(12-16-40)65-44-31-39(13-17-41(44)52(62)74)72-46-33-57(2,3)34-48(73)50(46)51(68-72)58(59,60)61/h7-18,31-32,35-36,65H,6,19-30,33-34H2,1-5H3,(H2,62,74)(H,63,75)(H,64,66,67). The highest BCUT2D eigenvalue weighted by atomic mass is 19.4. The molecule has 428 valence electrons. The van der Waals surface area contributed by atoms with E-state index in [1.54, 1.807) is 48.5 Å². The van der Waals surface area contributed by atoms with Gasteiger partial charge in [0.05, 0.1) is 97.6 Å². The fraction of sp³-hybridized carbons (Fsp3) is 0.397.